The van der Waals surface area contributed by atoms with E-state index in [0.717, 1.165) is 22.4 Å². The molecule has 5 nitrogen and oxygen atoms in total. The van der Waals surface area contributed by atoms with Gasteiger partial charge in [-0.3, -0.25) is 14.5 Å². The fraction of sp³-hybridized carbons (Fsp3) is 0.391. The van der Waals surface area contributed by atoms with Crippen LogP contribution in [0.25, 0.3) is 0 Å². The van der Waals surface area contributed by atoms with Gasteiger partial charge in [0.1, 0.15) is 0 Å². The predicted molar refractivity (Wildman–Crippen MR) is 115 cm³/mol. The molecule has 0 aliphatic carbocycles. The Bertz CT molecular complexity index is 841. The molecule has 0 bridgehead atoms. The summed E-state index contributed by atoms with van der Waals surface area (Å²) in [5, 5.41) is 5.95. The van der Waals surface area contributed by atoms with Gasteiger partial charge in [-0.15, -0.1) is 0 Å². The van der Waals surface area contributed by atoms with E-state index in [0.29, 0.717) is 0 Å². The number of rotatable bonds is 7. The Hall–Kier alpha value is -2.66. The molecule has 2 N–H and O–H groups in total. The second kappa shape index (κ2) is 9.51. The number of hydrogen-bond donors (Lipinski definition) is 2. The van der Waals surface area contributed by atoms with Gasteiger partial charge in [0.2, 0.25) is 11.8 Å². The van der Waals surface area contributed by atoms with Crippen molar-refractivity contribution in [2.45, 2.75) is 40.7 Å². The van der Waals surface area contributed by atoms with Crippen molar-refractivity contribution in [3.63, 3.8) is 0 Å². The van der Waals surface area contributed by atoms with Crippen molar-refractivity contribution in [3.05, 3.63) is 64.2 Å². The van der Waals surface area contributed by atoms with E-state index >= 15 is 0 Å². The van der Waals surface area contributed by atoms with E-state index in [2.05, 4.69) is 36.6 Å². The van der Waals surface area contributed by atoms with Crippen molar-refractivity contribution < 1.29 is 9.59 Å². The Morgan fingerprint density at radius 1 is 0.893 bits per heavy atom. The Morgan fingerprint density at radius 3 is 2.11 bits per heavy atom. The highest BCUT2D eigenvalue weighted by Crippen LogP contribution is 2.19. The molecule has 1 atom stereocenters. The first-order valence-electron chi connectivity index (χ1n) is 9.58. The predicted octanol–water partition coefficient (Wildman–Crippen LogP) is 3.67. The largest absolute Gasteiger partial charge is 0.348 e. The lowest BCUT2D eigenvalue weighted by Crippen LogP contribution is -2.39. The lowest BCUT2D eigenvalue weighted by Gasteiger charge is -2.20. The molecule has 0 fully saturated rings. The zero-order chi connectivity index (χ0) is 20.8. The Labute approximate surface area is 168 Å². The zero-order valence-corrected chi connectivity index (χ0v) is 17.7. The molecule has 0 spiro atoms. The summed E-state index contributed by atoms with van der Waals surface area (Å²) in [5.74, 6) is -0.233. The van der Waals surface area contributed by atoms with Gasteiger partial charge in [-0.05, 0) is 69.5 Å². The van der Waals surface area contributed by atoms with Crippen LogP contribution in [0.1, 0.15) is 40.8 Å². The maximum atomic E-state index is 12.4. The van der Waals surface area contributed by atoms with Crippen molar-refractivity contribution in [2.24, 2.45) is 0 Å². The minimum Gasteiger partial charge on any atom is -0.348 e. The molecule has 150 valence electrons. The number of carbonyl (C=O) groups is 2. The molecular formula is C23H31N3O2. The smallest absolute Gasteiger partial charge is 0.238 e. The highest BCUT2D eigenvalue weighted by Gasteiger charge is 2.15. The van der Waals surface area contributed by atoms with Gasteiger partial charge in [0.05, 0.1) is 19.1 Å². The molecule has 0 aromatic heterocycles. The van der Waals surface area contributed by atoms with E-state index in [1.807, 2.05) is 45.0 Å². The molecule has 28 heavy (non-hydrogen) atoms. The molecule has 0 radical (unpaired) electrons. The summed E-state index contributed by atoms with van der Waals surface area (Å²) in [4.78, 5) is 26.4. The second-order valence-electron chi connectivity index (χ2n) is 7.62. The molecule has 0 heterocycles. The Balaban J connectivity index is 1.86. The van der Waals surface area contributed by atoms with Crippen LogP contribution in [-0.2, 0) is 9.59 Å². The summed E-state index contributed by atoms with van der Waals surface area (Å²) in [6, 6.07) is 12.0. The highest BCUT2D eigenvalue weighted by molar-refractivity contribution is 5.94. The van der Waals surface area contributed by atoms with Crippen LogP contribution in [-0.4, -0.2) is 36.9 Å². The van der Waals surface area contributed by atoms with Crippen molar-refractivity contribution in [2.75, 3.05) is 25.5 Å². The second-order valence-corrected chi connectivity index (χ2v) is 7.62. The van der Waals surface area contributed by atoms with Gasteiger partial charge in [-0.2, -0.15) is 0 Å². The summed E-state index contributed by atoms with van der Waals surface area (Å²) in [6.07, 6.45) is 0. The number of hydrogen-bond acceptors (Lipinski definition) is 3. The topological polar surface area (TPSA) is 61.4 Å². The number of nitrogens with one attached hydrogen (secondary N) is 2. The number of aryl methyl sites for hydroxylation is 4. The number of likely N-dealkylation sites (N-methyl/N-ethyl adjacent to an activating group) is 1. The van der Waals surface area contributed by atoms with Crippen molar-refractivity contribution in [1.29, 1.82) is 0 Å². The normalized spacial score (nSPS) is 12.0. The first-order chi connectivity index (χ1) is 13.2. The van der Waals surface area contributed by atoms with E-state index < -0.39 is 0 Å². The standard InChI is InChI=1S/C23H31N3O2/c1-15-10-11-20(12-18(15)4)19(5)24-21(27)13-26(6)14-22(28)25-23-16(2)8-7-9-17(23)3/h7-12,19H,13-14H2,1-6H3,(H,24,27)(H,25,28)/t19-/m0/s1. The molecule has 2 aromatic carbocycles. The van der Waals surface area contributed by atoms with E-state index in [1.165, 1.54) is 11.1 Å². The summed E-state index contributed by atoms with van der Waals surface area (Å²) in [5.41, 5.74) is 6.41. The number of anilines is 1. The third-order valence-corrected chi connectivity index (χ3v) is 4.98. The summed E-state index contributed by atoms with van der Waals surface area (Å²) in [7, 11) is 1.77. The minimum atomic E-state index is -0.130. The van der Waals surface area contributed by atoms with Crippen LogP contribution < -0.4 is 10.6 Å². The number of nitrogens with zero attached hydrogens (tertiary/aromatic N) is 1. The quantitative estimate of drug-likeness (QED) is 0.769. The van der Waals surface area contributed by atoms with Crippen LogP contribution >= 0.6 is 0 Å². The van der Waals surface area contributed by atoms with E-state index in [4.69, 9.17) is 0 Å². The first-order valence-corrected chi connectivity index (χ1v) is 9.58. The Morgan fingerprint density at radius 2 is 1.50 bits per heavy atom. The fourth-order valence-corrected chi connectivity index (χ4v) is 3.14. The van der Waals surface area contributed by atoms with Gasteiger partial charge in [-0.1, -0.05) is 36.4 Å². The average Bonchev–Trinajstić information content (AvgIpc) is 2.60. The van der Waals surface area contributed by atoms with Crippen LogP contribution in [0.4, 0.5) is 5.69 Å². The van der Waals surface area contributed by atoms with Crippen molar-refractivity contribution in [1.82, 2.24) is 10.2 Å². The maximum absolute atomic E-state index is 12.4. The van der Waals surface area contributed by atoms with Gasteiger partial charge in [0.15, 0.2) is 0 Å². The lowest BCUT2D eigenvalue weighted by molar-refractivity contribution is -0.123. The average molecular weight is 382 g/mol. The molecule has 0 unspecified atom stereocenters. The van der Waals surface area contributed by atoms with E-state index in [-0.39, 0.29) is 30.9 Å². The van der Waals surface area contributed by atoms with Crippen LogP contribution in [0, 0.1) is 27.7 Å². The van der Waals surface area contributed by atoms with Gasteiger partial charge < -0.3 is 10.6 Å². The number of carbonyl (C=O) groups excluding carboxylic acids is 2. The van der Waals surface area contributed by atoms with Crippen LogP contribution in [0.2, 0.25) is 0 Å². The van der Waals surface area contributed by atoms with Crippen molar-refractivity contribution in [3.8, 4) is 0 Å². The molecule has 0 aliphatic rings. The summed E-state index contributed by atoms with van der Waals surface area (Å²) < 4.78 is 0. The molecule has 2 aromatic rings. The van der Waals surface area contributed by atoms with E-state index in [9.17, 15) is 9.59 Å². The molecule has 0 aliphatic heterocycles. The van der Waals surface area contributed by atoms with Gasteiger partial charge in [-0.25, -0.2) is 0 Å². The molecule has 0 saturated carbocycles. The number of benzene rings is 2. The summed E-state index contributed by atoms with van der Waals surface area (Å²) >= 11 is 0. The molecular weight excluding hydrogens is 350 g/mol. The zero-order valence-electron chi connectivity index (χ0n) is 17.7. The lowest BCUT2D eigenvalue weighted by atomic mass is 10.0. The molecule has 2 rings (SSSR count). The van der Waals surface area contributed by atoms with Gasteiger partial charge in [0, 0.05) is 5.69 Å². The minimum absolute atomic E-state index is 0.0800. The van der Waals surface area contributed by atoms with Crippen LogP contribution in [0.5, 0.6) is 0 Å². The molecule has 5 heteroatoms. The molecule has 0 saturated heterocycles. The van der Waals surface area contributed by atoms with Crippen LogP contribution in [0.15, 0.2) is 36.4 Å². The SMILES string of the molecule is Cc1ccc([C@H](C)NC(=O)CN(C)CC(=O)Nc2c(C)cccc2C)cc1C. The summed E-state index contributed by atoms with van der Waals surface area (Å²) in [6.45, 7) is 10.4. The fourth-order valence-electron chi connectivity index (χ4n) is 3.14. The monoisotopic (exact) mass is 381 g/mol. The van der Waals surface area contributed by atoms with Crippen LogP contribution in [0.3, 0.4) is 0 Å². The third-order valence-electron chi connectivity index (χ3n) is 4.98. The van der Waals surface area contributed by atoms with Gasteiger partial charge in [0.25, 0.3) is 0 Å². The highest BCUT2D eigenvalue weighted by atomic mass is 16.2. The Kier molecular flexibility index (Phi) is 7.35. The van der Waals surface area contributed by atoms with Crippen molar-refractivity contribution >= 4 is 17.5 Å². The maximum Gasteiger partial charge on any atom is 0.238 e. The first kappa shape index (κ1) is 21.6. The number of para-hydroxylation sites is 1. The number of amides is 2. The third kappa shape index (κ3) is 5.92. The van der Waals surface area contributed by atoms with Gasteiger partial charge >= 0.3 is 0 Å². The molecule has 2 amide bonds. The van der Waals surface area contributed by atoms with E-state index in [1.54, 1.807) is 11.9 Å².